The van der Waals surface area contributed by atoms with Crippen LogP contribution in [0.5, 0.6) is 0 Å². The molecule has 1 saturated carbocycles. The molecule has 1 heterocycles. The van der Waals surface area contributed by atoms with Gasteiger partial charge in [0.2, 0.25) is 0 Å². The quantitative estimate of drug-likeness (QED) is 0.707. The third-order valence-electron chi connectivity index (χ3n) is 6.22. The zero-order chi connectivity index (χ0) is 17.7. The number of rotatable bonds is 2. The number of amides is 1. The fourth-order valence-corrected chi connectivity index (χ4v) is 4.70. The molecule has 0 unspecified atom stereocenters. The van der Waals surface area contributed by atoms with Gasteiger partial charge in [-0.05, 0) is 47.9 Å². The van der Waals surface area contributed by atoms with Gasteiger partial charge in [-0.25, -0.2) is 4.79 Å². The van der Waals surface area contributed by atoms with Crippen LogP contribution in [0, 0.1) is 0 Å². The number of hydrogen-bond acceptors (Lipinski definition) is 2. The summed E-state index contributed by atoms with van der Waals surface area (Å²) >= 11 is 0. The van der Waals surface area contributed by atoms with Crippen molar-refractivity contribution in [3.63, 3.8) is 0 Å². The molecular formula is C23H23NO2. The van der Waals surface area contributed by atoms with Gasteiger partial charge in [0.1, 0.15) is 6.61 Å². The van der Waals surface area contributed by atoms with Crippen molar-refractivity contribution in [2.75, 3.05) is 13.2 Å². The zero-order valence-electron chi connectivity index (χ0n) is 14.9. The van der Waals surface area contributed by atoms with Gasteiger partial charge in [0.05, 0.1) is 5.54 Å². The molecule has 3 nitrogen and oxygen atoms in total. The van der Waals surface area contributed by atoms with E-state index < -0.39 is 0 Å². The minimum atomic E-state index is -0.156. The number of fused-ring (bicyclic) bond motifs is 3. The van der Waals surface area contributed by atoms with E-state index in [0.29, 0.717) is 6.61 Å². The molecule has 5 rings (SSSR count). The first-order chi connectivity index (χ1) is 12.7. The summed E-state index contributed by atoms with van der Waals surface area (Å²) in [6, 6.07) is 16.9. The van der Waals surface area contributed by atoms with E-state index in [1.807, 2.05) is 4.90 Å². The lowest BCUT2D eigenvalue weighted by Gasteiger charge is -2.36. The lowest BCUT2D eigenvalue weighted by atomic mass is 9.96. The fraction of sp³-hybridized carbons (Fsp3) is 0.348. The minimum absolute atomic E-state index is 0.0118. The molecule has 0 atom stereocenters. The maximum Gasteiger partial charge on any atom is 0.410 e. The first-order valence-corrected chi connectivity index (χ1v) is 9.47. The van der Waals surface area contributed by atoms with Crippen LogP contribution >= 0.6 is 0 Å². The summed E-state index contributed by atoms with van der Waals surface area (Å²) in [4.78, 5) is 14.8. The minimum Gasteiger partial charge on any atom is -0.448 e. The second-order valence-electron chi connectivity index (χ2n) is 7.86. The Morgan fingerprint density at radius 2 is 1.69 bits per heavy atom. The van der Waals surface area contributed by atoms with E-state index >= 15 is 0 Å². The number of ether oxygens (including phenoxy) is 1. The maximum atomic E-state index is 12.8. The Morgan fingerprint density at radius 1 is 1.08 bits per heavy atom. The molecule has 0 N–H and O–H groups in total. The van der Waals surface area contributed by atoms with E-state index in [0.717, 1.165) is 32.2 Å². The summed E-state index contributed by atoms with van der Waals surface area (Å²) in [7, 11) is 0. The number of hydrogen-bond donors (Lipinski definition) is 0. The monoisotopic (exact) mass is 345 g/mol. The number of nitrogens with zero attached hydrogens (tertiary/aromatic N) is 1. The van der Waals surface area contributed by atoms with Crippen molar-refractivity contribution in [2.24, 2.45) is 0 Å². The molecule has 0 aromatic heterocycles. The van der Waals surface area contributed by atoms with Gasteiger partial charge >= 0.3 is 6.09 Å². The van der Waals surface area contributed by atoms with Crippen molar-refractivity contribution >= 4 is 6.09 Å². The van der Waals surface area contributed by atoms with Crippen LogP contribution in [-0.2, 0) is 4.74 Å². The van der Waals surface area contributed by atoms with Crippen LogP contribution in [0.4, 0.5) is 4.79 Å². The lowest BCUT2D eigenvalue weighted by Crippen LogP contribution is -2.46. The SMILES string of the molecule is C=C1CCN(C(=O)OCC2c3ccccc3-c3ccccc32)C2(CC2)C1. The van der Waals surface area contributed by atoms with E-state index in [4.69, 9.17) is 4.74 Å². The zero-order valence-corrected chi connectivity index (χ0v) is 14.9. The molecule has 132 valence electrons. The summed E-state index contributed by atoms with van der Waals surface area (Å²) in [5, 5.41) is 0. The van der Waals surface area contributed by atoms with Crippen molar-refractivity contribution in [2.45, 2.75) is 37.1 Å². The Bertz CT molecular complexity index is 851. The highest BCUT2D eigenvalue weighted by Gasteiger charge is 2.52. The van der Waals surface area contributed by atoms with Gasteiger partial charge in [-0.2, -0.15) is 0 Å². The molecular weight excluding hydrogens is 322 g/mol. The summed E-state index contributed by atoms with van der Waals surface area (Å²) < 4.78 is 5.85. The Kier molecular flexibility index (Phi) is 3.46. The molecule has 2 aromatic carbocycles. The maximum absolute atomic E-state index is 12.8. The molecule has 1 amide bonds. The summed E-state index contributed by atoms with van der Waals surface area (Å²) in [6.45, 7) is 5.27. The number of benzene rings is 2. The van der Waals surface area contributed by atoms with Crippen LogP contribution in [0.2, 0.25) is 0 Å². The Balaban J connectivity index is 1.36. The molecule has 26 heavy (non-hydrogen) atoms. The number of piperidine rings is 1. The van der Waals surface area contributed by atoms with Gasteiger partial charge in [0.15, 0.2) is 0 Å². The molecule has 3 aliphatic rings. The van der Waals surface area contributed by atoms with E-state index in [1.54, 1.807) is 0 Å². The molecule has 1 aliphatic heterocycles. The van der Waals surface area contributed by atoms with Crippen molar-refractivity contribution in [1.82, 2.24) is 4.90 Å². The number of carbonyl (C=O) groups is 1. The standard InChI is InChI=1S/C23H23NO2/c1-16-10-13-24(23(14-16)11-12-23)22(25)26-15-21-19-8-4-2-6-17(19)18-7-3-5-9-20(18)21/h2-9,21H,1,10-15H2. The van der Waals surface area contributed by atoms with Crippen molar-refractivity contribution in [3.8, 4) is 11.1 Å². The third kappa shape index (κ3) is 2.38. The van der Waals surface area contributed by atoms with Crippen LogP contribution in [-0.4, -0.2) is 29.7 Å². The second-order valence-corrected chi connectivity index (χ2v) is 7.86. The molecule has 0 bridgehead atoms. The number of likely N-dealkylation sites (tertiary alicyclic amines) is 1. The molecule has 0 radical (unpaired) electrons. The fourth-order valence-electron chi connectivity index (χ4n) is 4.70. The van der Waals surface area contributed by atoms with Crippen molar-refractivity contribution in [3.05, 3.63) is 71.8 Å². The van der Waals surface area contributed by atoms with Crippen molar-refractivity contribution < 1.29 is 9.53 Å². The molecule has 2 aromatic rings. The second kappa shape index (κ2) is 5.73. The highest BCUT2D eigenvalue weighted by atomic mass is 16.6. The average Bonchev–Trinajstić information content (AvgIpc) is 3.33. The number of carbonyl (C=O) groups excluding carboxylic acids is 1. The van der Waals surface area contributed by atoms with Gasteiger partial charge in [0, 0.05) is 12.5 Å². The first-order valence-electron chi connectivity index (χ1n) is 9.47. The van der Waals surface area contributed by atoms with Crippen LogP contribution < -0.4 is 0 Å². The van der Waals surface area contributed by atoms with Crippen LogP contribution in [0.25, 0.3) is 11.1 Å². The Hall–Kier alpha value is -2.55. The van der Waals surface area contributed by atoms with Crippen LogP contribution in [0.3, 0.4) is 0 Å². The molecule has 2 fully saturated rings. The van der Waals surface area contributed by atoms with Gasteiger partial charge < -0.3 is 9.64 Å². The van der Waals surface area contributed by atoms with Gasteiger partial charge in [-0.1, -0.05) is 60.7 Å². The smallest absolute Gasteiger partial charge is 0.410 e. The van der Waals surface area contributed by atoms with Gasteiger partial charge in [-0.15, -0.1) is 0 Å². The Morgan fingerprint density at radius 3 is 2.31 bits per heavy atom. The lowest BCUT2D eigenvalue weighted by molar-refractivity contribution is 0.0721. The van der Waals surface area contributed by atoms with E-state index in [9.17, 15) is 4.79 Å². The predicted octanol–water partition coefficient (Wildman–Crippen LogP) is 5.12. The van der Waals surface area contributed by atoms with Gasteiger partial charge in [-0.3, -0.25) is 0 Å². The van der Waals surface area contributed by atoms with E-state index in [2.05, 4.69) is 55.1 Å². The summed E-state index contributed by atoms with van der Waals surface area (Å²) in [5.74, 6) is 0.126. The molecule has 1 saturated heterocycles. The highest BCUT2D eigenvalue weighted by Crippen LogP contribution is 2.50. The largest absolute Gasteiger partial charge is 0.448 e. The average molecular weight is 345 g/mol. The highest BCUT2D eigenvalue weighted by molar-refractivity contribution is 5.79. The summed E-state index contributed by atoms with van der Waals surface area (Å²) in [6.07, 6.45) is 3.84. The van der Waals surface area contributed by atoms with Gasteiger partial charge in [0.25, 0.3) is 0 Å². The summed E-state index contributed by atoms with van der Waals surface area (Å²) in [5.41, 5.74) is 6.32. The van der Waals surface area contributed by atoms with Crippen LogP contribution in [0.15, 0.2) is 60.7 Å². The molecule has 1 spiro atoms. The molecule has 2 aliphatic carbocycles. The van der Waals surface area contributed by atoms with Crippen molar-refractivity contribution in [1.29, 1.82) is 0 Å². The third-order valence-corrected chi connectivity index (χ3v) is 6.22. The van der Waals surface area contributed by atoms with E-state index in [1.165, 1.54) is 27.8 Å². The predicted molar refractivity (Wildman–Crippen MR) is 102 cm³/mol. The Labute approximate surface area is 154 Å². The molecule has 3 heteroatoms. The normalized spacial score (nSPS) is 20.0. The van der Waals surface area contributed by atoms with Crippen LogP contribution in [0.1, 0.15) is 42.7 Å². The van der Waals surface area contributed by atoms with E-state index in [-0.39, 0.29) is 17.6 Å². The topological polar surface area (TPSA) is 29.5 Å². The first kappa shape index (κ1) is 15.7.